The molecule has 5 heteroatoms. The fourth-order valence-electron chi connectivity index (χ4n) is 1.46. The molecule has 0 atom stereocenters. The third kappa shape index (κ3) is 2.34. The average molecular weight is 236 g/mol. The van der Waals surface area contributed by atoms with E-state index in [4.69, 9.17) is 15.2 Å². The highest BCUT2D eigenvalue weighted by atomic mass is 16.7. The molecule has 0 aromatic heterocycles. The Morgan fingerprint density at radius 3 is 2.53 bits per heavy atom. The van der Waals surface area contributed by atoms with Crippen LogP contribution in [0.5, 0.6) is 11.5 Å². The molecule has 2 rings (SSSR count). The third-order valence-corrected chi connectivity index (χ3v) is 2.55. The van der Waals surface area contributed by atoms with Gasteiger partial charge in [-0.25, -0.2) is 0 Å². The largest absolute Gasteiger partial charge is 0.454 e. The van der Waals surface area contributed by atoms with Gasteiger partial charge in [0.05, 0.1) is 5.54 Å². The van der Waals surface area contributed by atoms with Crippen LogP contribution in [0.4, 0.5) is 5.69 Å². The van der Waals surface area contributed by atoms with Gasteiger partial charge in [0.2, 0.25) is 12.7 Å². The van der Waals surface area contributed by atoms with Crippen molar-refractivity contribution in [1.29, 1.82) is 0 Å². The molecule has 0 saturated carbocycles. The van der Waals surface area contributed by atoms with E-state index in [2.05, 4.69) is 5.32 Å². The van der Waals surface area contributed by atoms with Gasteiger partial charge >= 0.3 is 0 Å². The van der Waals surface area contributed by atoms with Crippen LogP contribution in [-0.2, 0) is 4.79 Å². The molecule has 1 aromatic rings. The van der Waals surface area contributed by atoms with Crippen molar-refractivity contribution in [2.24, 2.45) is 5.73 Å². The lowest BCUT2D eigenvalue weighted by molar-refractivity contribution is -0.120. The van der Waals surface area contributed by atoms with Crippen LogP contribution in [0.2, 0.25) is 0 Å². The van der Waals surface area contributed by atoms with E-state index in [1.165, 1.54) is 0 Å². The maximum atomic E-state index is 11.8. The van der Waals surface area contributed by atoms with E-state index in [0.717, 1.165) is 5.56 Å². The molecule has 1 aromatic carbocycles. The molecule has 0 bridgehead atoms. The Kier molecular flexibility index (Phi) is 2.71. The van der Waals surface area contributed by atoms with Gasteiger partial charge in [0.1, 0.15) is 0 Å². The first kappa shape index (κ1) is 11.7. The summed E-state index contributed by atoms with van der Waals surface area (Å²) in [6.45, 7) is 5.42. The van der Waals surface area contributed by atoms with Gasteiger partial charge in [-0.2, -0.15) is 0 Å². The fourth-order valence-corrected chi connectivity index (χ4v) is 1.46. The van der Waals surface area contributed by atoms with Crippen LogP contribution in [0, 0.1) is 6.92 Å². The van der Waals surface area contributed by atoms with Crippen molar-refractivity contribution in [2.45, 2.75) is 26.3 Å². The summed E-state index contributed by atoms with van der Waals surface area (Å²) in [4.78, 5) is 11.8. The Morgan fingerprint density at radius 1 is 1.35 bits per heavy atom. The molecule has 0 radical (unpaired) electrons. The van der Waals surface area contributed by atoms with Crippen molar-refractivity contribution >= 4 is 11.6 Å². The van der Waals surface area contributed by atoms with Gasteiger partial charge in [0.15, 0.2) is 11.5 Å². The van der Waals surface area contributed by atoms with Gasteiger partial charge in [0.25, 0.3) is 0 Å². The lowest BCUT2D eigenvalue weighted by Gasteiger charge is -2.19. The zero-order chi connectivity index (χ0) is 12.6. The number of carbonyl (C=O) groups excluding carboxylic acids is 1. The quantitative estimate of drug-likeness (QED) is 0.814. The molecule has 3 N–H and O–H groups in total. The molecule has 1 amide bonds. The van der Waals surface area contributed by atoms with Gasteiger partial charge in [-0.1, -0.05) is 0 Å². The summed E-state index contributed by atoms with van der Waals surface area (Å²) in [6, 6.07) is 3.59. The van der Waals surface area contributed by atoms with Crippen LogP contribution in [0.3, 0.4) is 0 Å². The summed E-state index contributed by atoms with van der Waals surface area (Å²) < 4.78 is 10.5. The number of aryl methyl sites for hydroxylation is 1. The molecular formula is C12H16N2O3. The Morgan fingerprint density at radius 2 is 1.94 bits per heavy atom. The molecule has 1 heterocycles. The predicted molar refractivity (Wildman–Crippen MR) is 64.2 cm³/mol. The first-order valence-corrected chi connectivity index (χ1v) is 5.38. The maximum Gasteiger partial charge on any atom is 0.243 e. The van der Waals surface area contributed by atoms with Crippen LogP contribution in [0.15, 0.2) is 12.1 Å². The second-order valence-corrected chi connectivity index (χ2v) is 4.70. The number of benzene rings is 1. The number of nitrogens with two attached hydrogens (primary N) is 1. The minimum atomic E-state index is -0.914. The van der Waals surface area contributed by atoms with Gasteiger partial charge in [0, 0.05) is 11.8 Å². The minimum absolute atomic E-state index is 0.217. The fraction of sp³-hybridized carbons (Fsp3) is 0.417. The van der Waals surface area contributed by atoms with E-state index in [1.54, 1.807) is 19.9 Å². The van der Waals surface area contributed by atoms with E-state index >= 15 is 0 Å². The Bertz CT molecular complexity index is 464. The summed E-state index contributed by atoms with van der Waals surface area (Å²) >= 11 is 0. The van der Waals surface area contributed by atoms with Crippen molar-refractivity contribution in [2.75, 3.05) is 12.1 Å². The number of hydrogen-bond acceptors (Lipinski definition) is 4. The standard InChI is InChI=1S/C12H16N2O3/c1-7-4-9-10(17-6-16-9)5-8(7)14-11(15)12(2,3)13/h4-5H,6,13H2,1-3H3,(H,14,15). The van der Waals surface area contributed by atoms with Crippen molar-refractivity contribution in [3.8, 4) is 11.5 Å². The lowest BCUT2D eigenvalue weighted by atomic mass is 10.1. The number of ether oxygens (including phenoxy) is 2. The topological polar surface area (TPSA) is 73.6 Å². The van der Waals surface area contributed by atoms with Crippen LogP contribution < -0.4 is 20.5 Å². The van der Waals surface area contributed by atoms with E-state index in [-0.39, 0.29) is 12.7 Å². The molecule has 5 nitrogen and oxygen atoms in total. The molecule has 1 aliphatic rings. The van der Waals surface area contributed by atoms with Gasteiger partial charge in [-0.3, -0.25) is 4.79 Å². The summed E-state index contributed by atoms with van der Waals surface area (Å²) in [5.41, 5.74) is 6.41. The SMILES string of the molecule is Cc1cc2c(cc1NC(=O)C(C)(C)N)OCO2. The molecule has 0 unspecified atom stereocenters. The number of hydrogen-bond donors (Lipinski definition) is 2. The zero-order valence-electron chi connectivity index (χ0n) is 10.2. The smallest absolute Gasteiger partial charge is 0.243 e. The molecule has 0 aliphatic carbocycles. The van der Waals surface area contributed by atoms with E-state index in [0.29, 0.717) is 17.2 Å². The summed E-state index contributed by atoms with van der Waals surface area (Å²) in [5, 5.41) is 2.78. The zero-order valence-corrected chi connectivity index (χ0v) is 10.2. The number of carbonyl (C=O) groups is 1. The van der Waals surface area contributed by atoms with E-state index < -0.39 is 5.54 Å². The molecule has 0 saturated heterocycles. The number of rotatable bonds is 2. The van der Waals surface area contributed by atoms with Crippen LogP contribution in [0.1, 0.15) is 19.4 Å². The van der Waals surface area contributed by atoms with Crippen molar-refractivity contribution in [3.05, 3.63) is 17.7 Å². The highest BCUT2D eigenvalue weighted by Crippen LogP contribution is 2.36. The van der Waals surface area contributed by atoms with Crippen molar-refractivity contribution in [3.63, 3.8) is 0 Å². The lowest BCUT2D eigenvalue weighted by Crippen LogP contribution is -2.45. The number of nitrogens with one attached hydrogen (secondary N) is 1. The van der Waals surface area contributed by atoms with Gasteiger partial charge in [-0.15, -0.1) is 0 Å². The molecule has 92 valence electrons. The van der Waals surface area contributed by atoms with Crippen molar-refractivity contribution in [1.82, 2.24) is 0 Å². The van der Waals surface area contributed by atoms with E-state index in [1.807, 2.05) is 13.0 Å². The summed E-state index contributed by atoms with van der Waals surface area (Å²) in [7, 11) is 0. The first-order chi connectivity index (χ1) is 7.88. The van der Waals surface area contributed by atoms with Crippen LogP contribution >= 0.6 is 0 Å². The summed E-state index contributed by atoms with van der Waals surface area (Å²) in [5.74, 6) is 1.10. The monoisotopic (exact) mass is 236 g/mol. The maximum absolute atomic E-state index is 11.8. The molecule has 0 spiro atoms. The normalized spacial score (nSPS) is 13.6. The van der Waals surface area contributed by atoms with E-state index in [9.17, 15) is 4.79 Å². The number of amides is 1. The van der Waals surface area contributed by atoms with Crippen molar-refractivity contribution < 1.29 is 14.3 Å². The molecule has 0 fully saturated rings. The van der Waals surface area contributed by atoms with Gasteiger partial charge in [-0.05, 0) is 32.4 Å². The Labute approximate surface area is 99.9 Å². The molecule has 1 aliphatic heterocycles. The Balaban J connectivity index is 2.25. The van der Waals surface area contributed by atoms with Crippen LogP contribution in [-0.4, -0.2) is 18.2 Å². The van der Waals surface area contributed by atoms with Crippen LogP contribution in [0.25, 0.3) is 0 Å². The third-order valence-electron chi connectivity index (χ3n) is 2.55. The molecular weight excluding hydrogens is 220 g/mol. The summed E-state index contributed by atoms with van der Waals surface area (Å²) in [6.07, 6.45) is 0. The minimum Gasteiger partial charge on any atom is -0.454 e. The molecule has 17 heavy (non-hydrogen) atoms. The average Bonchev–Trinajstić information content (AvgIpc) is 2.63. The second kappa shape index (κ2) is 3.92. The second-order valence-electron chi connectivity index (χ2n) is 4.70. The number of fused-ring (bicyclic) bond motifs is 1. The number of anilines is 1. The first-order valence-electron chi connectivity index (χ1n) is 5.38. The Hall–Kier alpha value is -1.75. The highest BCUT2D eigenvalue weighted by Gasteiger charge is 2.23. The predicted octanol–water partition coefficient (Wildman–Crippen LogP) is 1.40. The highest BCUT2D eigenvalue weighted by molar-refractivity contribution is 5.98. The van der Waals surface area contributed by atoms with Gasteiger partial charge < -0.3 is 20.5 Å².